The predicted molar refractivity (Wildman–Crippen MR) is 78.9 cm³/mol. The number of benzene rings is 1. The normalized spacial score (nSPS) is 12.7. The summed E-state index contributed by atoms with van der Waals surface area (Å²) in [5.74, 6) is -1.16. The van der Waals surface area contributed by atoms with Gasteiger partial charge in [-0.1, -0.05) is 34.5 Å². The van der Waals surface area contributed by atoms with E-state index in [1.165, 1.54) is 23.5 Å². The van der Waals surface area contributed by atoms with Crippen LogP contribution in [0.3, 0.4) is 0 Å². The molecule has 1 aromatic heterocycles. The van der Waals surface area contributed by atoms with Crippen LogP contribution >= 0.6 is 38.9 Å². The molecule has 0 radical (unpaired) electrons. The first-order valence-corrected chi connectivity index (χ1v) is 7.64. The van der Waals surface area contributed by atoms with Gasteiger partial charge in [0.1, 0.15) is 11.6 Å². The van der Waals surface area contributed by atoms with Crippen molar-refractivity contribution in [3.63, 3.8) is 0 Å². The second-order valence-electron chi connectivity index (χ2n) is 3.92. The maximum Gasteiger partial charge on any atom is 0.132 e. The molecule has 0 spiro atoms. The highest BCUT2D eigenvalue weighted by Crippen LogP contribution is 2.34. The van der Waals surface area contributed by atoms with E-state index in [0.717, 1.165) is 4.88 Å². The average Bonchev–Trinajstić information content (AvgIpc) is 2.73. The molecule has 102 valence electrons. The predicted octanol–water partition coefficient (Wildman–Crippen LogP) is 5.14. The van der Waals surface area contributed by atoms with Crippen LogP contribution in [0.2, 0.25) is 4.34 Å². The van der Waals surface area contributed by atoms with Crippen molar-refractivity contribution in [1.29, 1.82) is 0 Å². The van der Waals surface area contributed by atoms with Gasteiger partial charge in [0.25, 0.3) is 0 Å². The minimum atomic E-state index is -0.581. The van der Waals surface area contributed by atoms with Crippen LogP contribution in [0.5, 0.6) is 0 Å². The van der Waals surface area contributed by atoms with Crippen molar-refractivity contribution in [1.82, 2.24) is 5.32 Å². The molecule has 0 fully saturated rings. The number of hydrogen-bond donors (Lipinski definition) is 1. The molecule has 2 rings (SSSR count). The van der Waals surface area contributed by atoms with Crippen LogP contribution in [-0.4, -0.2) is 6.54 Å². The van der Waals surface area contributed by atoms with E-state index >= 15 is 0 Å². The summed E-state index contributed by atoms with van der Waals surface area (Å²) < 4.78 is 29.1. The Bertz CT molecular complexity index is 565. The number of nitrogens with one attached hydrogen (secondary N) is 1. The molecule has 0 amide bonds. The van der Waals surface area contributed by atoms with Gasteiger partial charge in [-0.25, -0.2) is 8.78 Å². The van der Waals surface area contributed by atoms with Crippen molar-refractivity contribution in [3.8, 4) is 0 Å². The van der Waals surface area contributed by atoms with Gasteiger partial charge in [0.15, 0.2) is 0 Å². The van der Waals surface area contributed by atoms with Crippen LogP contribution in [0, 0.1) is 11.6 Å². The molecule has 6 heteroatoms. The second-order valence-corrected chi connectivity index (χ2v) is 6.58. The van der Waals surface area contributed by atoms with Gasteiger partial charge in [-0.15, -0.1) is 11.3 Å². The molecule has 1 atom stereocenters. The van der Waals surface area contributed by atoms with Gasteiger partial charge in [-0.2, -0.15) is 0 Å². The van der Waals surface area contributed by atoms with Crippen molar-refractivity contribution in [2.75, 3.05) is 6.54 Å². The Kier molecular flexibility index (Phi) is 4.95. The zero-order chi connectivity index (χ0) is 14.0. The molecule has 19 heavy (non-hydrogen) atoms. The summed E-state index contributed by atoms with van der Waals surface area (Å²) >= 11 is 10.3. The van der Waals surface area contributed by atoms with Crippen LogP contribution in [0.4, 0.5) is 8.78 Å². The van der Waals surface area contributed by atoms with Gasteiger partial charge in [-0.3, -0.25) is 0 Å². The van der Waals surface area contributed by atoms with Gasteiger partial charge in [-0.05, 0) is 30.8 Å². The summed E-state index contributed by atoms with van der Waals surface area (Å²) in [6.07, 6.45) is 0. The smallest absolute Gasteiger partial charge is 0.132 e. The second kappa shape index (κ2) is 6.31. The van der Waals surface area contributed by atoms with E-state index in [-0.39, 0.29) is 5.56 Å². The monoisotopic (exact) mass is 365 g/mol. The first-order chi connectivity index (χ1) is 9.02. The molecule has 0 saturated heterocycles. The summed E-state index contributed by atoms with van der Waals surface area (Å²) in [6.45, 7) is 2.48. The fourth-order valence-electron chi connectivity index (χ4n) is 1.86. The summed E-state index contributed by atoms with van der Waals surface area (Å²) in [4.78, 5) is 0.784. The van der Waals surface area contributed by atoms with E-state index in [9.17, 15) is 8.78 Å². The molecule has 1 aromatic carbocycles. The fraction of sp³-hybridized carbons (Fsp3) is 0.231. The van der Waals surface area contributed by atoms with Gasteiger partial charge in [0, 0.05) is 14.9 Å². The third-order valence-corrected chi connectivity index (χ3v) is 4.37. The van der Waals surface area contributed by atoms with Gasteiger partial charge in [0.2, 0.25) is 0 Å². The van der Waals surface area contributed by atoms with Crippen LogP contribution in [0.1, 0.15) is 23.4 Å². The van der Waals surface area contributed by atoms with E-state index in [1.807, 2.05) is 6.92 Å². The molecule has 1 unspecified atom stereocenters. The van der Waals surface area contributed by atoms with Crippen molar-refractivity contribution < 1.29 is 8.78 Å². The number of rotatable bonds is 4. The quantitative estimate of drug-likeness (QED) is 0.790. The lowest BCUT2D eigenvalue weighted by Gasteiger charge is -2.18. The van der Waals surface area contributed by atoms with E-state index in [0.29, 0.717) is 15.4 Å². The molecule has 1 heterocycles. The first kappa shape index (κ1) is 14.9. The third kappa shape index (κ3) is 3.34. The van der Waals surface area contributed by atoms with Crippen LogP contribution in [0.15, 0.2) is 28.7 Å². The topological polar surface area (TPSA) is 12.0 Å². The summed E-state index contributed by atoms with van der Waals surface area (Å²) in [7, 11) is 0. The van der Waals surface area contributed by atoms with E-state index in [4.69, 9.17) is 11.6 Å². The van der Waals surface area contributed by atoms with Crippen molar-refractivity contribution in [2.45, 2.75) is 13.0 Å². The fourth-order valence-corrected chi connectivity index (χ4v) is 3.41. The largest absolute Gasteiger partial charge is 0.306 e. The summed E-state index contributed by atoms with van der Waals surface area (Å²) in [5, 5.41) is 3.09. The van der Waals surface area contributed by atoms with Crippen LogP contribution in [-0.2, 0) is 0 Å². The highest BCUT2D eigenvalue weighted by Gasteiger charge is 2.23. The zero-order valence-electron chi connectivity index (χ0n) is 10.0. The maximum absolute atomic E-state index is 14.0. The summed E-state index contributed by atoms with van der Waals surface area (Å²) in [5.41, 5.74) is 0.0172. The lowest BCUT2D eigenvalue weighted by atomic mass is 10.0. The van der Waals surface area contributed by atoms with E-state index in [1.54, 1.807) is 12.1 Å². The molecule has 1 N–H and O–H groups in total. The third-order valence-electron chi connectivity index (χ3n) is 2.62. The molecular weight excluding hydrogens is 356 g/mol. The van der Waals surface area contributed by atoms with Gasteiger partial charge in [0.05, 0.1) is 10.4 Å². The Balaban J connectivity index is 2.51. The highest BCUT2D eigenvalue weighted by atomic mass is 79.9. The zero-order valence-corrected chi connectivity index (χ0v) is 13.2. The molecule has 0 aliphatic rings. The van der Waals surface area contributed by atoms with Crippen LogP contribution in [0.25, 0.3) is 0 Å². The van der Waals surface area contributed by atoms with Crippen LogP contribution < -0.4 is 5.32 Å². The lowest BCUT2D eigenvalue weighted by molar-refractivity contribution is 0.512. The van der Waals surface area contributed by atoms with E-state index in [2.05, 4.69) is 21.2 Å². The average molecular weight is 367 g/mol. The molecule has 1 nitrogen and oxygen atoms in total. The first-order valence-electron chi connectivity index (χ1n) is 5.66. The van der Waals surface area contributed by atoms with Crippen molar-refractivity contribution in [3.05, 3.63) is 55.1 Å². The molecule has 0 bridgehead atoms. The Morgan fingerprint density at radius 3 is 2.42 bits per heavy atom. The Morgan fingerprint density at radius 1 is 1.32 bits per heavy atom. The molecule has 0 saturated carbocycles. The number of hydrogen-bond acceptors (Lipinski definition) is 2. The Hall–Kier alpha value is -0.490. The SMILES string of the molecule is CCNC(c1ccc(Cl)s1)c1c(F)cc(Br)cc1F. The minimum absolute atomic E-state index is 0.0172. The molecule has 0 aliphatic carbocycles. The van der Waals surface area contributed by atoms with Crippen molar-refractivity contribution >= 4 is 38.9 Å². The number of thiophene rings is 1. The minimum Gasteiger partial charge on any atom is -0.306 e. The van der Waals surface area contributed by atoms with Crippen molar-refractivity contribution in [2.24, 2.45) is 0 Å². The maximum atomic E-state index is 14.0. The molecule has 0 aliphatic heterocycles. The standard InChI is InChI=1S/C13H11BrClF2NS/c1-2-18-13(10-3-4-11(15)19-10)12-8(16)5-7(14)6-9(12)17/h3-6,13,18H,2H2,1H3. The van der Waals surface area contributed by atoms with Gasteiger partial charge < -0.3 is 5.32 Å². The highest BCUT2D eigenvalue weighted by molar-refractivity contribution is 9.10. The van der Waals surface area contributed by atoms with Gasteiger partial charge >= 0.3 is 0 Å². The number of halogens is 4. The molecular formula is C13H11BrClF2NS. The lowest BCUT2D eigenvalue weighted by Crippen LogP contribution is -2.23. The Morgan fingerprint density at radius 2 is 1.95 bits per heavy atom. The summed E-state index contributed by atoms with van der Waals surface area (Å²) in [6, 6.07) is 5.49. The Labute approximate surface area is 127 Å². The van der Waals surface area contributed by atoms with E-state index < -0.39 is 17.7 Å². The molecule has 2 aromatic rings.